The van der Waals surface area contributed by atoms with E-state index in [0.29, 0.717) is 34.6 Å². The molecule has 9 heteroatoms. The van der Waals surface area contributed by atoms with E-state index in [4.69, 9.17) is 4.74 Å². The van der Waals surface area contributed by atoms with Gasteiger partial charge in [0.1, 0.15) is 11.6 Å². The molecule has 6 nitrogen and oxygen atoms in total. The fourth-order valence-corrected chi connectivity index (χ4v) is 5.99. The maximum absolute atomic E-state index is 14.4. The number of aryl methyl sites for hydroxylation is 2. The summed E-state index contributed by atoms with van der Waals surface area (Å²) in [5, 5.41) is 2.80. The minimum atomic E-state index is -3.77. The molecular formula is C29H34BrFN2O4S. The van der Waals surface area contributed by atoms with Crippen LogP contribution in [0, 0.1) is 12.7 Å². The number of hydrogen-bond acceptors (Lipinski definition) is 4. The van der Waals surface area contributed by atoms with E-state index in [2.05, 4.69) is 35.1 Å². The van der Waals surface area contributed by atoms with E-state index in [1.807, 2.05) is 25.1 Å². The van der Waals surface area contributed by atoms with Crippen LogP contribution < -0.4 is 10.1 Å². The molecular weight excluding hydrogens is 571 g/mol. The molecule has 0 atom stereocenters. The first-order valence-corrected chi connectivity index (χ1v) is 14.9. The zero-order valence-electron chi connectivity index (χ0n) is 22.3. The second-order valence-corrected chi connectivity index (χ2v) is 12.1. The van der Waals surface area contributed by atoms with Crippen LogP contribution in [-0.4, -0.2) is 31.7 Å². The average Bonchev–Trinajstić information content (AvgIpc) is 2.86. The van der Waals surface area contributed by atoms with Gasteiger partial charge in [-0.1, -0.05) is 52.0 Å². The molecule has 3 rings (SSSR count). The number of nitrogens with one attached hydrogen (secondary N) is 1. The second kappa shape index (κ2) is 12.9. The predicted octanol–water partition coefficient (Wildman–Crippen LogP) is 7.41. The summed E-state index contributed by atoms with van der Waals surface area (Å²) in [6.07, 6.45) is 0.182. The highest BCUT2D eigenvalue weighted by atomic mass is 79.9. The van der Waals surface area contributed by atoms with Gasteiger partial charge in [-0.15, -0.1) is 0 Å². The number of sulfonamides is 1. The maximum Gasteiger partial charge on any atom is 0.243 e. The maximum atomic E-state index is 14.4. The minimum Gasteiger partial charge on any atom is -0.455 e. The minimum absolute atomic E-state index is 0.00151. The van der Waals surface area contributed by atoms with Crippen LogP contribution in [0.5, 0.6) is 11.5 Å². The van der Waals surface area contributed by atoms with E-state index in [1.54, 1.807) is 38.1 Å². The standard InChI is InChI=1S/C29H34BrFN2O4S/c1-6-33(7-2)38(35,36)22-13-15-26(37-27-17-20(5)11-14-23(27)19(3)4)25(18-22)32-28(34)16-12-21-9-8-10-24(30)29(21)31/h8-11,13-15,17-19H,6-7,12,16H2,1-5H3,(H,32,34). The first-order valence-electron chi connectivity index (χ1n) is 12.6. The molecule has 0 aromatic heterocycles. The lowest BCUT2D eigenvalue weighted by Gasteiger charge is -2.21. The molecule has 3 aromatic rings. The number of ether oxygens (including phenoxy) is 1. The lowest BCUT2D eigenvalue weighted by molar-refractivity contribution is -0.116. The van der Waals surface area contributed by atoms with Gasteiger partial charge < -0.3 is 10.1 Å². The molecule has 3 aromatic carbocycles. The summed E-state index contributed by atoms with van der Waals surface area (Å²) in [5.74, 6) is 0.340. The zero-order chi connectivity index (χ0) is 28.0. The lowest BCUT2D eigenvalue weighted by Crippen LogP contribution is -2.30. The van der Waals surface area contributed by atoms with Crippen molar-refractivity contribution >= 4 is 37.5 Å². The lowest BCUT2D eigenvalue weighted by atomic mass is 10.0. The van der Waals surface area contributed by atoms with Gasteiger partial charge in [-0.25, -0.2) is 12.8 Å². The number of benzene rings is 3. The van der Waals surface area contributed by atoms with Gasteiger partial charge in [-0.05, 0) is 82.2 Å². The van der Waals surface area contributed by atoms with E-state index in [9.17, 15) is 17.6 Å². The van der Waals surface area contributed by atoms with Crippen LogP contribution in [0.3, 0.4) is 0 Å². The summed E-state index contributed by atoms with van der Waals surface area (Å²) < 4.78 is 48.7. The van der Waals surface area contributed by atoms with Crippen LogP contribution in [0.15, 0.2) is 64.0 Å². The summed E-state index contributed by atoms with van der Waals surface area (Å²) in [7, 11) is -3.77. The molecule has 0 radical (unpaired) electrons. The number of nitrogens with zero attached hydrogens (tertiary/aromatic N) is 1. The number of hydrogen-bond donors (Lipinski definition) is 1. The van der Waals surface area contributed by atoms with Gasteiger partial charge in [-0.2, -0.15) is 4.31 Å². The highest BCUT2D eigenvalue weighted by Gasteiger charge is 2.24. The van der Waals surface area contributed by atoms with E-state index in [-0.39, 0.29) is 35.2 Å². The molecule has 204 valence electrons. The molecule has 0 spiro atoms. The van der Waals surface area contributed by atoms with Gasteiger partial charge in [0.25, 0.3) is 0 Å². The van der Waals surface area contributed by atoms with Gasteiger partial charge in [0.15, 0.2) is 5.75 Å². The number of rotatable bonds is 11. The SMILES string of the molecule is CCN(CC)S(=O)(=O)c1ccc(Oc2cc(C)ccc2C(C)C)c(NC(=O)CCc2cccc(Br)c2F)c1. The van der Waals surface area contributed by atoms with E-state index in [0.717, 1.165) is 11.1 Å². The van der Waals surface area contributed by atoms with Gasteiger partial charge in [0.05, 0.1) is 15.1 Å². The normalized spacial score (nSPS) is 11.7. The fraction of sp³-hybridized carbons (Fsp3) is 0.345. The van der Waals surface area contributed by atoms with Crippen molar-refractivity contribution in [1.82, 2.24) is 4.31 Å². The Hall–Kier alpha value is -2.75. The Morgan fingerprint density at radius 1 is 1.05 bits per heavy atom. The summed E-state index contributed by atoms with van der Waals surface area (Å²) in [6.45, 7) is 10.2. The van der Waals surface area contributed by atoms with Crippen LogP contribution in [0.1, 0.15) is 56.7 Å². The van der Waals surface area contributed by atoms with Gasteiger partial charge in [0.2, 0.25) is 15.9 Å². The van der Waals surface area contributed by atoms with Crippen LogP contribution in [-0.2, 0) is 21.2 Å². The van der Waals surface area contributed by atoms with E-state index in [1.165, 1.54) is 16.4 Å². The highest BCUT2D eigenvalue weighted by Crippen LogP contribution is 2.37. The third-order valence-electron chi connectivity index (χ3n) is 6.23. The second-order valence-electron chi connectivity index (χ2n) is 9.31. The number of anilines is 1. The van der Waals surface area contributed by atoms with Crippen molar-refractivity contribution in [1.29, 1.82) is 0 Å². The average molecular weight is 606 g/mol. The molecule has 0 aliphatic heterocycles. The summed E-state index contributed by atoms with van der Waals surface area (Å²) >= 11 is 3.17. The summed E-state index contributed by atoms with van der Waals surface area (Å²) in [6, 6.07) is 15.3. The topological polar surface area (TPSA) is 75.7 Å². The van der Waals surface area contributed by atoms with Crippen molar-refractivity contribution in [2.45, 2.75) is 58.3 Å². The number of halogens is 2. The third kappa shape index (κ3) is 7.01. The molecule has 1 N–H and O–H groups in total. The number of carbonyl (C=O) groups is 1. The van der Waals surface area contributed by atoms with Crippen LogP contribution >= 0.6 is 15.9 Å². The van der Waals surface area contributed by atoms with E-state index < -0.39 is 15.8 Å². The van der Waals surface area contributed by atoms with Gasteiger partial charge in [-0.3, -0.25) is 4.79 Å². The Balaban J connectivity index is 1.97. The molecule has 0 unspecified atom stereocenters. The van der Waals surface area contributed by atoms with Crippen molar-refractivity contribution in [3.63, 3.8) is 0 Å². The molecule has 0 bridgehead atoms. The van der Waals surface area contributed by atoms with Crippen molar-refractivity contribution in [2.24, 2.45) is 0 Å². The molecule has 38 heavy (non-hydrogen) atoms. The first-order chi connectivity index (χ1) is 18.0. The Morgan fingerprint density at radius 3 is 2.42 bits per heavy atom. The van der Waals surface area contributed by atoms with Crippen molar-refractivity contribution in [3.05, 3.63) is 81.6 Å². The molecule has 0 saturated carbocycles. The summed E-state index contributed by atoms with van der Waals surface area (Å²) in [5.41, 5.74) is 2.63. The monoisotopic (exact) mass is 604 g/mol. The van der Waals surface area contributed by atoms with Crippen molar-refractivity contribution < 1.29 is 22.3 Å². The molecule has 0 aliphatic carbocycles. The largest absolute Gasteiger partial charge is 0.455 e. The summed E-state index contributed by atoms with van der Waals surface area (Å²) in [4.78, 5) is 13.0. The Labute approximate surface area is 233 Å². The fourth-order valence-electron chi connectivity index (χ4n) is 4.10. The van der Waals surface area contributed by atoms with E-state index >= 15 is 0 Å². The van der Waals surface area contributed by atoms with Gasteiger partial charge in [0, 0.05) is 19.5 Å². The molecule has 1 amide bonds. The zero-order valence-corrected chi connectivity index (χ0v) is 24.7. The Morgan fingerprint density at radius 2 is 1.76 bits per heavy atom. The molecule has 0 fully saturated rings. The van der Waals surface area contributed by atoms with Crippen molar-refractivity contribution in [3.8, 4) is 11.5 Å². The Bertz CT molecular complexity index is 1410. The highest BCUT2D eigenvalue weighted by molar-refractivity contribution is 9.10. The smallest absolute Gasteiger partial charge is 0.243 e. The van der Waals surface area contributed by atoms with Crippen molar-refractivity contribution in [2.75, 3.05) is 18.4 Å². The third-order valence-corrected chi connectivity index (χ3v) is 8.89. The van der Waals surface area contributed by atoms with Gasteiger partial charge >= 0.3 is 0 Å². The number of amides is 1. The predicted molar refractivity (Wildman–Crippen MR) is 153 cm³/mol. The first kappa shape index (κ1) is 29.8. The quantitative estimate of drug-likeness (QED) is 0.247. The molecule has 0 saturated heterocycles. The van der Waals surface area contributed by atoms with Crippen LogP contribution in [0.2, 0.25) is 0 Å². The number of carbonyl (C=O) groups excluding carboxylic acids is 1. The van der Waals surface area contributed by atoms with Crippen LogP contribution in [0.25, 0.3) is 0 Å². The van der Waals surface area contributed by atoms with Crippen LogP contribution in [0.4, 0.5) is 10.1 Å². The molecule has 0 heterocycles. The Kier molecular flexibility index (Phi) is 10.1. The molecule has 0 aliphatic rings.